The summed E-state index contributed by atoms with van der Waals surface area (Å²) in [5.74, 6) is 0.873. The number of hydrogen-bond acceptors (Lipinski definition) is 4. The molecule has 0 fully saturated rings. The molecular formula is C18H19NO4. The first-order valence-corrected chi connectivity index (χ1v) is 7.52. The van der Waals surface area contributed by atoms with E-state index < -0.39 is 0 Å². The van der Waals surface area contributed by atoms with Crippen LogP contribution in [0.5, 0.6) is 11.5 Å². The Balaban J connectivity index is 1.83. The van der Waals surface area contributed by atoms with Crippen LogP contribution in [0.4, 0.5) is 5.69 Å². The molecule has 0 aromatic heterocycles. The average molecular weight is 313 g/mol. The second-order valence-electron chi connectivity index (χ2n) is 5.29. The summed E-state index contributed by atoms with van der Waals surface area (Å²) in [6.07, 6.45) is -0.0342. The lowest BCUT2D eigenvalue weighted by molar-refractivity contribution is 0.101. The molecule has 5 nitrogen and oxygen atoms in total. The molecule has 3 rings (SSSR count). The molecule has 1 atom stereocenters. The number of para-hydroxylation sites is 1. The number of rotatable bonds is 4. The Bertz CT molecular complexity index is 714. The van der Waals surface area contributed by atoms with Crippen LogP contribution in [0.1, 0.15) is 28.9 Å². The molecule has 1 amide bonds. The van der Waals surface area contributed by atoms with Gasteiger partial charge in [-0.2, -0.15) is 0 Å². The normalized spacial score (nSPS) is 14.2. The summed E-state index contributed by atoms with van der Waals surface area (Å²) in [6, 6.07) is 12.9. The second kappa shape index (κ2) is 6.71. The minimum atomic E-state index is -0.227. The van der Waals surface area contributed by atoms with Gasteiger partial charge in [-0.1, -0.05) is 18.2 Å². The molecular weight excluding hydrogens is 294 g/mol. The fourth-order valence-corrected chi connectivity index (χ4v) is 2.46. The highest BCUT2D eigenvalue weighted by Gasteiger charge is 2.20. The fraction of sp³-hybridized carbons (Fsp3) is 0.278. The molecule has 1 aliphatic rings. The van der Waals surface area contributed by atoms with Crippen molar-refractivity contribution in [3.63, 3.8) is 0 Å². The summed E-state index contributed by atoms with van der Waals surface area (Å²) >= 11 is 0. The van der Waals surface area contributed by atoms with E-state index in [1.54, 1.807) is 25.3 Å². The topological polar surface area (TPSA) is 56.8 Å². The van der Waals surface area contributed by atoms with Gasteiger partial charge in [0.1, 0.15) is 13.2 Å². The third-order valence-corrected chi connectivity index (χ3v) is 3.78. The molecule has 23 heavy (non-hydrogen) atoms. The van der Waals surface area contributed by atoms with Gasteiger partial charge in [0, 0.05) is 12.8 Å². The lowest BCUT2D eigenvalue weighted by Gasteiger charge is -2.20. The fourth-order valence-electron chi connectivity index (χ4n) is 2.46. The summed E-state index contributed by atoms with van der Waals surface area (Å²) in [7, 11) is 1.66. The van der Waals surface area contributed by atoms with Crippen molar-refractivity contribution in [3.05, 3.63) is 53.6 Å². The van der Waals surface area contributed by atoms with Gasteiger partial charge in [0.15, 0.2) is 11.5 Å². The van der Waals surface area contributed by atoms with E-state index in [0.717, 1.165) is 5.56 Å². The van der Waals surface area contributed by atoms with Crippen LogP contribution in [-0.2, 0) is 4.74 Å². The SMILES string of the molecule is COC(C)c1cccc(NC(=O)c2cccc3c2OCCO3)c1. The molecule has 0 radical (unpaired) electrons. The smallest absolute Gasteiger partial charge is 0.259 e. The van der Waals surface area contributed by atoms with Crippen LogP contribution in [-0.4, -0.2) is 26.2 Å². The Morgan fingerprint density at radius 3 is 2.78 bits per heavy atom. The van der Waals surface area contributed by atoms with Crippen molar-refractivity contribution in [2.24, 2.45) is 0 Å². The predicted molar refractivity (Wildman–Crippen MR) is 87.3 cm³/mol. The number of benzene rings is 2. The van der Waals surface area contributed by atoms with Crippen LogP contribution in [0.3, 0.4) is 0 Å². The third-order valence-electron chi connectivity index (χ3n) is 3.78. The molecule has 2 aromatic rings. The minimum absolute atomic E-state index is 0.0342. The number of carbonyl (C=O) groups excluding carboxylic acids is 1. The highest BCUT2D eigenvalue weighted by atomic mass is 16.6. The van der Waals surface area contributed by atoms with E-state index in [0.29, 0.717) is 36.0 Å². The molecule has 2 aromatic carbocycles. The van der Waals surface area contributed by atoms with Crippen LogP contribution in [0.2, 0.25) is 0 Å². The van der Waals surface area contributed by atoms with E-state index in [9.17, 15) is 4.79 Å². The number of fused-ring (bicyclic) bond motifs is 1. The molecule has 120 valence electrons. The van der Waals surface area contributed by atoms with Gasteiger partial charge in [-0.25, -0.2) is 0 Å². The maximum absolute atomic E-state index is 12.6. The number of nitrogens with one attached hydrogen (secondary N) is 1. The zero-order chi connectivity index (χ0) is 16.2. The van der Waals surface area contributed by atoms with Gasteiger partial charge in [0.05, 0.1) is 11.7 Å². The molecule has 1 heterocycles. The zero-order valence-electron chi connectivity index (χ0n) is 13.2. The Morgan fingerprint density at radius 2 is 1.96 bits per heavy atom. The first-order valence-electron chi connectivity index (χ1n) is 7.52. The van der Waals surface area contributed by atoms with E-state index in [4.69, 9.17) is 14.2 Å². The molecule has 0 aliphatic carbocycles. The molecule has 0 saturated carbocycles. The predicted octanol–water partition coefficient (Wildman–Crippen LogP) is 3.42. The lowest BCUT2D eigenvalue weighted by atomic mass is 10.1. The van der Waals surface area contributed by atoms with Crippen molar-refractivity contribution in [2.45, 2.75) is 13.0 Å². The number of carbonyl (C=O) groups is 1. The second-order valence-corrected chi connectivity index (χ2v) is 5.29. The first-order chi connectivity index (χ1) is 11.2. The summed E-state index contributed by atoms with van der Waals surface area (Å²) in [5.41, 5.74) is 2.18. The van der Waals surface area contributed by atoms with Crippen LogP contribution < -0.4 is 14.8 Å². The van der Waals surface area contributed by atoms with E-state index in [-0.39, 0.29) is 12.0 Å². The number of methoxy groups -OCH3 is 1. The maximum Gasteiger partial charge on any atom is 0.259 e. The van der Waals surface area contributed by atoms with Crippen molar-refractivity contribution < 1.29 is 19.0 Å². The zero-order valence-corrected chi connectivity index (χ0v) is 13.2. The van der Waals surface area contributed by atoms with E-state index in [1.807, 2.05) is 31.2 Å². The largest absolute Gasteiger partial charge is 0.486 e. The van der Waals surface area contributed by atoms with E-state index in [1.165, 1.54) is 0 Å². The van der Waals surface area contributed by atoms with Gasteiger partial charge in [0.2, 0.25) is 0 Å². The quantitative estimate of drug-likeness (QED) is 0.939. The number of ether oxygens (including phenoxy) is 3. The van der Waals surface area contributed by atoms with Crippen molar-refractivity contribution in [1.29, 1.82) is 0 Å². The molecule has 1 N–H and O–H groups in total. The van der Waals surface area contributed by atoms with Crippen molar-refractivity contribution in [1.82, 2.24) is 0 Å². The van der Waals surface area contributed by atoms with Crippen molar-refractivity contribution in [3.8, 4) is 11.5 Å². The number of amides is 1. The van der Waals surface area contributed by atoms with Crippen molar-refractivity contribution >= 4 is 11.6 Å². The molecule has 0 bridgehead atoms. The molecule has 0 spiro atoms. The van der Waals surface area contributed by atoms with E-state index in [2.05, 4.69) is 5.32 Å². The summed E-state index contributed by atoms with van der Waals surface area (Å²) in [6.45, 7) is 2.90. The Kier molecular flexibility index (Phi) is 4.48. The lowest BCUT2D eigenvalue weighted by Crippen LogP contribution is -2.20. The highest BCUT2D eigenvalue weighted by Crippen LogP contribution is 2.34. The van der Waals surface area contributed by atoms with Crippen LogP contribution in [0.25, 0.3) is 0 Å². The first kappa shape index (κ1) is 15.4. The number of anilines is 1. The molecule has 0 saturated heterocycles. The maximum atomic E-state index is 12.6. The van der Waals surface area contributed by atoms with E-state index >= 15 is 0 Å². The minimum Gasteiger partial charge on any atom is -0.486 e. The highest BCUT2D eigenvalue weighted by molar-refractivity contribution is 6.06. The third kappa shape index (κ3) is 3.29. The Hall–Kier alpha value is -2.53. The average Bonchev–Trinajstić information content (AvgIpc) is 2.60. The van der Waals surface area contributed by atoms with Gasteiger partial charge >= 0.3 is 0 Å². The number of hydrogen-bond donors (Lipinski definition) is 1. The van der Waals surface area contributed by atoms with Crippen LogP contribution in [0.15, 0.2) is 42.5 Å². The van der Waals surface area contributed by atoms with Gasteiger partial charge in [-0.05, 0) is 36.8 Å². The monoisotopic (exact) mass is 313 g/mol. The summed E-state index contributed by atoms with van der Waals surface area (Å²) in [5, 5.41) is 2.90. The summed E-state index contributed by atoms with van der Waals surface area (Å²) < 4.78 is 16.4. The standard InChI is InChI=1S/C18H19NO4/c1-12(21-2)13-5-3-6-14(11-13)19-18(20)15-7-4-8-16-17(15)23-10-9-22-16/h3-8,11-12H,9-10H2,1-2H3,(H,19,20). The van der Waals surface area contributed by atoms with Gasteiger partial charge in [-0.3, -0.25) is 4.79 Å². The van der Waals surface area contributed by atoms with Crippen LogP contribution >= 0.6 is 0 Å². The van der Waals surface area contributed by atoms with Gasteiger partial charge in [0.25, 0.3) is 5.91 Å². The van der Waals surface area contributed by atoms with Gasteiger partial charge < -0.3 is 19.5 Å². The van der Waals surface area contributed by atoms with Crippen molar-refractivity contribution in [2.75, 3.05) is 25.6 Å². The Morgan fingerprint density at radius 1 is 1.17 bits per heavy atom. The summed E-state index contributed by atoms with van der Waals surface area (Å²) in [4.78, 5) is 12.6. The van der Waals surface area contributed by atoms with Gasteiger partial charge in [-0.15, -0.1) is 0 Å². The molecule has 1 aliphatic heterocycles. The van der Waals surface area contributed by atoms with Crippen LogP contribution in [0, 0.1) is 0 Å². The molecule has 5 heteroatoms. The molecule has 1 unspecified atom stereocenters. The Labute approximate surface area is 135 Å².